The zero-order valence-electron chi connectivity index (χ0n) is 8.94. The third-order valence-electron chi connectivity index (χ3n) is 3.01. The lowest BCUT2D eigenvalue weighted by Gasteiger charge is -2.35. The number of carboxylic acid groups (broad SMARTS) is 1. The molecule has 0 bridgehead atoms. The number of carbonyl (C=O) groups is 1. The average molecular weight is 200 g/mol. The average Bonchev–Trinajstić information content (AvgIpc) is 2.11. The second-order valence-corrected chi connectivity index (χ2v) is 4.43. The normalized spacial score (nSPS) is 31.4. The van der Waals surface area contributed by atoms with Crippen LogP contribution in [0, 0.1) is 11.8 Å². The zero-order chi connectivity index (χ0) is 10.7. The molecule has 0 aromatic rings. The lowest BCUT2D eigenvalue weighted by atomic mass is 9.94. The summed E-state index contributed by atoms with van der Waals surface area (Å²) >= 11 is 0. The number of carboxylic acids is 1. The molecule has 0 saturated carbocycles. The minimum atomic E-state index is -0.715. The second kappa shape index (κ2) is 4.75. The summed E-state index contributed by atoms with van der Waals surface area (Å²) in [5, 5.41) is 8.78. The van der Waals surface area contributed by atoms with Gasteiger partial charge in [-0.2, -0.15) is 0 Å². The minimum absolute atomic E-state index is 0.281. The Morgan fingerprint density at radius 2 is 2.36 bits per heavy atom. The van der Waals surface area contributed by atoms with Gasteiger partial charge in [0.2, 0.25) is 0 Å². The fourth-order valence-corrected chi connectivity index (χ4v) is 1.88. The van der Waals surface area contributed by atoms with Gasteiger partial charge in [0.25, 0.3) is 0 Å². The van der Waals surface area contributed by atoms with Crippen LogP contribution in [0.2, 0.25) is 0 Å². The van der Waals surface area contributed by atoms with Gasteiger partial charge in [0.1, 0.15) is 0 Å². The quantitative estimate of drug-likeness (QED) is 0.691. The molecule has 0 radical (unpaired) electrons. The van der Waals surface area contributed by atoms with Gasteiger partial charge in [-0.1, -0.05) is 13.8 Å². The summed E-state index contributed by atoms with van der Waals surface area (Å²) in [4.78, 5) is 12.9. The summed E-state index contributed by atoms with van der Waals surface area (Å²) in [7, 11) is 0. The highest BCUT2D eigenvalue weighted by atomic mass is 16.4. The van der Waals surface area contributed by atoms with E-state index >= 15 is 0 Å². The molecule has 14 heavy (non-hydrogen) atoms. The van der Waals surface area contributed by atoms with Crippen molar-refractivity contribution in [2.75, 3.05) is 19.6 Å². The molecule has 82 valence electrons. The van der Waals surface area contributed by atoms with Crippen LogP contribution in [0.5, 0.6) is 0 Å². The van der Waals surface area contributed by atoms with Crippen molar-refractivity contribution in [3.05, 3.63) is 0 Å². The van der Waals surface area contributed by atoms with Gasteiger partial charge in [0, 0.05) is 19.1 Å². The first-order valence-corrected chi connectivity index (χ1v) is 5.21. The first-order valence-electron chi connectivity index (χ1n) is 5.21. The van der Waals surface area contributed by atoms with Gasteiger partial charge in [-0.15, -0.1) is 0 Å². The van der Waals surface area contributed by atoms with Gasteiger partial charge in [-0.3, -0.25) is 4.79 Å². The van der Waals surface area contributed by atoms with Crippen LogP contribution >= 0.6 is 0 Å². The molecule has 3 atom stereocenters. The van der Waals surface area contributed by atoms with E-state index in [1.165, 1.54) is 0 Å². The maximum Gasteiger partial charge on any atom is 0.307 e. The van der Waals surface area contributed by atoms with E-state index in [0.29, 0.717) is 12.5 Å². The zero-order valence-corrected chi connectivity index (χ0v) is 8.94. The maximum absolute atomic E-state index is 10.7. The Bertz CT molecular complexity index is 208. The van der Waals surface area contributed by atoms with Gasteiger partial charge < -0.3 is 15.7 Å². The Kier molecular flexibility index (Phi) is 3.89. The van der Waals surface area contributed by atoms with E-state index in [-0.39, 0.29) is 12.0 Å². The van der Waals surface area contributed by atoms with Crippen molar-refractivity contribution >= 4 is 5.97 Å². The molecule has 0 aliphatic carbocycles. The van der Waals surface area contributed by atoms with Crippen molar-refractivity contribution in [2.24, 2.45) is 17.6 Å². The van der Waals surface area contributed by atoms with Crippen LogP contribution in [0.15, 0.2) is 0 Å². The number of piperidine rings is 1. The van der Waals surface area contributed by atoms with Crippen molar-refractivity contribution in [3.8, 4) is 0 Å². The maximum atomic E-state index is 10.7. The highest BCUT2D eigenvalue weighted by Gasteiger charge is 2.25. The van der Waals surface area contributed by atoms with E-state index < -0.39 is 5.97 Å². The molecule has 3 N–H and O–H groups in total. The summed E-state index contributed by atoms with van der Waals surface area (Å²) in [6.07, 6.45) is 0.980. The molecule has 3 unspecified atom stereocenters. The molecule has 4 nitrogen and oxygen atoms in total. The van der Waals surface area contributed by atoms with Crippen LogP contribution in [0.1, 0.15) is 20.3 Å². The van der Waals surface area contributed by atoms with Crippen molar-refractivity contribution < 1.29 is 9.90 Å². The SMILES string of the molecule is CC(CN1CCC(N)C(C)C1)C(=O)O. The third kappa shape index (κ3) is 2.96. The lowest BCUT2D eigenvalue weighted by molar-refractivity contribution is -0.141. The summed E-state index contributed by atoms with van der Waals surface area (Å²) in [6.45, 7) is 6.39. The molecular weight excluding hydrogens is 180 g/mol. The largest absolute Gasteiger partial charge is 0.481 e. The summed E-state index contributed by atoms with van der Waals surface area (Å²) in [6, 6.07) is 0.284. The number of nitrogens with zero attached hydrogens (tertiary/aromatic N) is 1. The minimum Gasteiger partial charge on any atom is -0.481 e. The van der Waals surface area contributed by atoms with Crippen molar-refractivity contribution in [1.29, 1.82) is 0 Å². The van der Waals surface area contributed by atoms with Crippen LogP contribution in [0.25, 0.3) is 0 Å². The topological polar surface area (TPSA) is 66.6 Å². The van der Waals surface area contributed by atoms with E-state index in [1.807, 2.05) is 0 Å². The highest BCUT2D eigenvalue weighted by Crippen LogP contribution is 2.15. The molecule has 1 aliphatic heterocycles. The van der Waals surface area contributed by atoms with Crippen molar-refractivity contribution in [3.63, 3.8) is 0 Å². The second-order valence-electron chi connectivity index (χ2n) is 4.43. The highest BCUT2D eigenvalue weighted by molar-refractivity contribution is 5.69. The molecule has 4 heteroatoms. The van der Waals surface area contributed by atoms with Crippen LogP contribution in [0.3, 0.4) is 0 Å². The van der Waals surface area contributed by atoms with Crippen LogP contribution in [-0.2, 0) is 4.79 Å². The number of aliphatic carboxylic acids is 1. The molecule has 1 heterocycles. The van der Waals surface area contributed by atoms with Crippen LogP contribution in [0.4, 0.5) is 0 Å². The predicted octanol–water partition coefficient (Wildman–Crippen LogP) is 0.376. The first kappa shape index (κ1) is 11.5. The smallest absolute Gasteiger partial charge is 0.307 e. The fraction of sp³-hybridized carbons (Fsp3) is 0.900. The van der Waals surface area contributed by atoms with Gasteiger partial charge in [-0.05, 0) is 18.9 Å². The number of rotatable bonds is 3. The Labute approximate surface area is 85.1 Å². The molecule has 0 spiro atoms. The molecular formula is C10H20N2O2. The van der Waals surface area contributed by atoms with Crippen LogP contribution < -0.4 is 5.73 Å². The van der Waals surface area contributed by atoms with Gasteiger partial charge in [0.05, 0.1) is 5.92 Å². The lowest BCUT2D eigenvalue weighted by Crippen LogP contribution is -2.47. The van der Waals surface area contributed by atoms with E-state index in [0.717, 1.165) is 19.5 Å². The molecule has 0 aromatic carbocycles. The Hall–Kier alpha value is -0.610. The number of hydrogen-bond acceptors (Lipinski definition) is 3. The standard InChI is InChI=1S/C10H20N2O2/c1-7-5-12(4-3-9(7)11)6-8(2)10(13)14/h7-9H,3-6,11H2,1-2H3,(H,13,14). The predicted molar refractivity (Wildman–Crippen MR) is 55.0 cm³/mol. The molecule has 1 fully saturated rings. The van der Waals surface area contributed by atoms with E-state index in [9.17, 15) is 4.79 Å². The summed E-state index contributed by atoms with van der Waals surface area (Å²) in [5.74, 6) is -0.520. The monoisotopic (exact) mass is 200 g/mol. The van der Waals surface area contributed by atoms with E-state index in [1.54, 1.807) is 6.92 Å². The molecule has 0 aromatic heterocycles. The Balaban J connectivity index is 2.36. The fourth-order valence-electron chi connectivity index (χ4n) is 1.88. The first-order chi connectivity index (χ1) is 6.50. The number of hydrogen-bond donors (Lipinski definition) is 2. The van der Waals surface area contributed by atoms with Gasteiger partial charge in [0.15, 0.2) is 0 Å². The molecule has 1 rings (SSSR count). The molecule has 1 saturated heterocycles. The molecule has 1 aliphatic rings. The summed E-state index contributed by atoms with van der Waals surface area (Å²) < 4.78 is 0. The summed E-state index contributed by atoms with van der Waals surface area (Å²) in [5.41, 5.74) is 5.89. The van der Waals surface area contributed by atoms with Crippen molar-refractivity contribution in [1.82, 2.24) is 4.90 Å². The van der Waals surface area contributed by atoms with Crippen molar-refractivity contribution in [2.45, 2.75) is 26.3 Å². The van der Waals surface area contributed by atoms with Crippen LogP contribution in [-0.4, -0.2) is 41.7 Å². The van der Waals surface area contributed by atoms with Gasteiger partial charge >= 0.3 is 5.97 Å². The number of nitrogens with two attached hydrogens (primary N) is 1. The number of likely N-dealkylation sites (tertiary alicyclic amines) is 1. The van der Waals surface area contributed by atoms with E-state index in [2.05, 4.69) is 11.8 Å². The van der Waals surface area contributed by atoms with Gasteiger partial charge in [-0.25, -0.2) is 0 Å². The third-order valence-corrected chi connectivity index (χ3v) is 3.01. The molecule has 0 amide bonds. The Morgan fingerprint density at radius 1 is 1.71 bits per heavy atom. The van der Waals surface area contributed by atoms with E-state index in [4.69, 9.17) is 10.8 Å². The Morgan fingerprint density at radius 3 is 2.86 bits per heavy atom.